The second kappa shape index (κ2) is 4.63. The summed E-state index contributed by atoms with van der Waals surface area (Å²) in [6.07, 6.45) is -0.698. The van der Waals surface area contributed by atoms with Crippen LogP contribution in [0.1, 0.15) is 0 Å². The van der Waals surface area contributed by atoms with Crippen LogP contribution in [0.5, 0.6) is 23.0 Å². The second-order valence-corrected chi connectivity index (χ2v) is 4.62. The molecule has 0 bridgehead atoms. The molecule has 2 heterocycles. The van der Waals surface area contributed by atoms with Gasteiger partial charge in [0.1, 0.15) is 6.61 Å². The summed E-state index contributed by atoms with van der Waals surface area (Å²) in [6.45, 7) is 3.25. The molecule has 0 N–H and O–H groups in total. The number of hydrogen-bond acceptors (Lipinski definition) is 4. The first-order chi connectivity index (χ1) is 9.90. The van der Waals surface area contributed by atoms with E-state index in [-0.39, 0.29) is 6.10 Å². The highest BCUT2D eigenvalue weighted by Crippen LogP contribution is 2.36. The van der Waals surface area contributed by atoms with E-state index in [2.05, 4.69) is 6.61 Å². The van der Waals surface area contributed by atoms with E-state index >= 15 is 0 Å². The molecule has 2 unspecified atom stereocenters. The largest absolute Gasteiger partial charge is 0.486 e. The summed E-state index contributed by atoms with van der Waals surface area (Å²) in [5.41, 5.74) is 0. The summed E-state index contributed by atoms with van der Waals surface area (Å²) < 4.78 is 22.9. The molecule has 0 fully saturated rings. The minimum atomic E-state index is -0.418. The monoisotopic (exact) mass is 268 g/mol. The van der Waals surface area contributed by atoms with Crippen molar-refractivity contribution in [2.24, 2.45) is 0 Å². The third-order valence-corrected chi connectivity index (χ3v) is 3.26. The number of hydrogen-bond donors (Lipinski definition) is 0. The minimum Gasteiger partial charge on any atom is -0.486 e. The molecule has 4 heteroatoms. The van der Waals surface area contributed by atoms with Crippen LogP contribution < -0.4 is 18.9 Å². The lowest BCUT2D eigenvalue weighted by Crippen LogP contribution is -2.45. The molecule has 0 saturated carbocycles. The molecule has 4 rings (SSSR count). The standard InChI is InChI=1S/C16H12O4/c1-3-7-13-11(5-1)17-9-15(19-13)16-10-18-12-6-2-4-8-14(12)20-16/h1-8,15-16H,9H2. The Kier molecular flexibility index (Phi) is 2.66. The number of rotatable bonds is 1. The van der Waals surface area contributed by atoms with Crippen molar-refractivity contribution in [2.75, 3.05) is 6.61 Å². The van der Waals surface area contributed by atoms with Crippen LogP contribution in [0.4, 0.5) is 0 Å². The van der Waals surface area contributed by atoms with Gasteiger partial charge in [-0.2, -0.15) is 0 Å². The third kappa shape index (κ3) is 1.93. The lowest BCUT2D eigenvalue weighted by atomic mass is 10.1. The van der Waals surface area contributed by atoms with E-state index in [9.17, 15) is 0 Å². The van der Waals surface area contributed by atoms with Crippen LogP contribution in [-0.4, -0.2) is 18.8 Å². The SMILES string of the molecule is [C]1Oc2ccccc2OC1C1COc2ccccc2O1. The molecule has 20 heavy (non-hydrogen) atoms. The first-order valence-corrected chi connectivity index (χ1v) is 6.47. The second-order valence-electron chi connectivity index (χ2n) is 4.62. The molecule has 2 atom stereocenters. The van der Waals surface area contributed by atoms with Crippen LogP contribution in [0.2, 0.25) is 0 Å². The zero-order chi connectivity index (χ0) is 13.4. The Hall–Kier alpha value is -2.36. The van der Waals surface area contributed by atoms with Crippen LogP contribution in [0.25, 0.3) is 0 Å². The van der Waals surface area contributed by atoms with Crippen molar-refractivity contribution in [1.82, 2.24) is 0 Å². The summed E-state index contributed by atoms with van der Waals surface area (Å²) >= 11 is 0. The molecule has 0 aliphatic carbocycles. The van der Waals surface area contributed by atoms with Crippen LogP contribution in [0.15, 0.2) is 48.5 Å². The molecule has 2 aromatic rings. The van der Waals surface area contributed by atoms with E-state index in [0.717, 1.165) is 5.75 Å². The Bertz CT molecular complexity index is 570. The highest BCUT2D eigenvalue weighted by Gasteiger charge is 2.35. The van der Waals surface area contributed by atoms with Crippen molar-refractivity contribution in [3.05, 3.63) is 55.1 Å². The first-order valence-electron chi connectivity index (χ1n) is 6.47. The predicted molar refractivity (Wildman–Crippen MR) is 71.1 cm³/mol. The minimum absolute atomic E-state index is 0.279. The average Bonchev–Trinajstić information content (AvgIpc) is 2.54. The van der Waals surface area contributed by atoms with Crippen molar-refractivity contribution in [3.8, 4) is 23.0 Å². The summed E-state index contributed by atoms with van der Waals surface area (Å²) in [6, 6.07) is 15.1. The maximum atomic E-state index is 5.89. The molecule has 0 spiro atoms. The average molecular weight is 268 g/mol. The smallest absolute Gasteiger partial charge is 0.244 e. The molecule has 4 nitrogen and oxygen atoms in total. The number of fused-ring (bicyclic) bond motifs is 2. The Morgan fingerprint density at radius 1 is 0.800 bits per heavy atom. The van der Waals surface area contributed by atoms with Gasteiger partial charge in [-0.25, -0.2) is 0 Å². The van der Waals surface area contributed by atoms with Crippen LogP contribution >= 0.6 is 0 Å². The highest BCUT2D eigenvalue weighted by molar-refractivity contribution is 5.43. The Morgan fingerprint density at radius 3 is 2.25 bits per heavy atom. The van der Waals surface area contributed by atoms with Crippen LogP contribution in [0, 0.1) is 6.61 Å². The van der Waals surface area contributed by atoms with Gasteiger partial charge in [-0.15, -0.1) is 0 Å². The van der Waals surface area contributed by atoms with Gasteiger partial charge in [0.05, 0.1) is 0 Å². The van der Waals surface area contributed by atoms with Crippen LogP contribution in [0.3, 0.4) is 0 Å². The Labute approximate surface area is 116 Å². The van der Waals surface area contributed by atoms with Crippen molar-refractivity contribution in [3.63, 3.8) is 0 Å². The molecule has 0 saturated heterocycles. The van der Waals surface area contributed by atoms with E-state index in [1.807, 2.05) is 48.5 Å². The fourth-order valence-corrected chi connectivity index (χ4v) is 2.25. The van der Waals surface area contributed by atoms with E-state index in [1.54, 1.807) is 0 Å². The Morgan fingerprint density at radius 2 is 1.45 bits per heavy atom. The number of benzene rings is 2. The molecule has 2 aromatic carbocycles. The maximum Gasteiger partial charge on any atom is 0.244 e. The van der Waals surface area contributed by atoms with Gasteiger partial charge in [-0.1, -0.05) is 24.3 Å². The summed E-state index contributed by atoms with van der Waals surface area (Å²) in [4.78, 5) is 0. The lowest BCUT2D eigenvalue weighted by Gasteiger charge is -2.33. The van der Waals surface area contributed by atoms with Gasteiger partial charge >= 0.3 is 0 Å². The van der Waals surface area contributed by atoms with Gasteiger partial charge in [0.15, 0.2) is 35.2 Å². The fourth-order valence-electron chi connectivity index (χ4n) is 2.25. The third-order valence-electron chi connectivity index (χ3n) is 3.26. The maximum absolute atomic E-state index is 5.89. The zero-order valence-electron chi connectivity index (χ0n) is 10.6. The summed E-state index contributed by atoms with van der Waals surface area (Å²) in [5.74, 6) is 2.83. The van der Waals surface area contributed by atoms with Gasteiger partial charge in [-0.3, -0.25) is 0 Å². The molecule has 2 aliphatic heterocycles. The number of ether oxygens (including phenoxy) is 4. The molecule has 0 aromatic heterocycles. The van der Waals surface area contributed by atoms with Gasteiger partial charge in [0.25, 0.3) is 0 Å². The molecular formula is C16H12O4. The normalized spacial score (nSPS) is 23.2. The van der Waals surface area contributed by atoms with E-state index in [0.29, 0.717) is 23.9 Å². The van der Waals surface area contributed by atoms with Gasteiger partial charge in [-0.05, 0) is 24.3 Å². The molecule has 100 valence electrons. The van der Waals surface area contributed by atoms with Crippen molar-refractivity contribution in [2.45, 2.75) is 12.2 Å². The summed E-state index contributed by atoms with van der Waals surface area (Å²) in [7, 11) is 0. The van der Waals surface area contributed by atoms with Crippen molar-refractivity contribution in [1.29, 1.82) is 0 Å². The van der Waals surface area contributed by atoms with Gasteiger partial charge in [0, 0.05) is 0 Å². The summed E-state index contributed by atoms with van der Waals surface area (Å²) in [5, 5.41) is 0. The van der Waals surface area contributed by atoms with Gasteiger partial charge in [0.2, 0.25) is 6.61 Å². The first kappa shape index (κ1) is 11.5. The molecule has 2 aliphatic rings. The quantitative estimate of drug-likeness (QED) is 0.797. The topological polar surface area (TPSA) is 36.9 Å². The highest BCUT2D eigenvalue weighted by atomic mass is 16.6. The lowest BCUT2D eigenvalue weighted by molar-refractivity contribution is -0.00904. The molecular weight excluding hydrogens is 256 g/mol. The Balaban J connectivity index is 1.53. The van der Waals surface area contributed by atoms with Crippen molar-refractivity contribution >= 4 is 0 Å². The van der Waals surface area contributed by atoms with E-state index in [4.69, 9.17) is 18.9 Å². The zero-order valence-corrected chi connectivity index (χ0v) is 10.6. The molecule has 0 amide bonds. The van der Waals surface area contributed by atoms with E-state index in [1.165, 1.54) is 0 Å². The predicted octanol–water partition coefficient (Wildman–Crippen LogP) is 2.71. The van der Waals surface area contributed by atoms with Crippen molar-refractivity contribution < 1.29 is 18.9 Å². The fraction of sp³-hybridized carbons (Fsp3) is 0.188. The van der Waals surface area contributed by atoms with E-state index < -0.39 is 6.10 Å². The number of para-hydroxylation sites is 4. The molecule has 2 radical (unpaired) electrons. The van der Waals surface area contributed by atoms with Crippen LogP contribution in [-0.2, 0) is 0 Å². The van der Waals surface area contributed by atoms with Gasteiger partial charge < -0.3 is 18.9 Å².